The van der Waals surface area contributed by atoms with Gasteiger partial charge in [-0.05, 0) is 23.8 Å². The second-order valence-electron chi connectivity index (χ2n) is 5.47. The summed E-state index contributed by atoms with van der Waals surface area (Å²) in [5.41, 5.74) is 1.21. The van der Waals surface area contributed by atoms with Gasteiger partial charge >= 0.3 is 0 Å². The third-order valence-electron chi connectivity index (χ3n) is 3.59. The molecule has 0 heterocycles. The molecule has 0 unspecified atom stereocenters. The average Bonchev–Trinajstić information content (AvgIpc) is 2.68. The Morgan fingerprint density at radius 3 is 2.27 bits per heavy atom. The Morgan fingerprint density at radius 1 is 1.08 bits per heavy atom. The van der Waals surface area contributed by atoms with Crippen molar-refractivity contribution in [3.05, 3.63) is 96.6 Å². The van der Waals surface area contributed by atoms with Crippen molar-refractivity contribution in [1.82, 2.24) is 4.31 Å². The molecule has 0 aliphatic rings. The van der Waals surface area contributed by atoms with Gasteiger partial charge in [-0.15, -0.1) is 0 Å². The molecule has 0 spiro atoms. The number of nitriles is 1. The van der Waals surface area contributed by atoms with Crippen LogP contribution in [0.1, 0.15) is 5.56 Å². The van der Waals surface area contributed by atoms with Crippen molar-refractivity contribution in [1.29, 1.82) is 5.26 Å². The van der Waals surface area contributed by atoms with E-state index in [1.807, 2.05) is 30.3 Å². The van der Waals surface area contributed by atoms with Crippen LogP contribution in [0.15, 0.2) is 95.9 Å². The standard InChI is InChI=1S/C21H20N2O2S/c1-2-3-10-15-23(26(24,25)21-13-8-5-9-14-21)18-20(17-22)16-19-11-6-4-7-12-19/h2-14,16H,1,15,18H2/b10-3+,20-16+. The lowest BCUT2D eigenvalue weighted by molar-refractivity contribution is 0.470. The Morgan fingerprint density at radius 2 is 1.69 bits per heavy atom. The molecule has 0 fully saturated rings. The van der Waals surface area contributed by atoms with Crippen LogP contribution in [-0.4, -0.2) is 25.8 Å². The first-order valence-corrected chi connectivity index (χ1v) is 9.50. The van der Waals surface area contributed by atoms with Crippen LogP contribution in [0.25, 0.3) is 6.08 Å². The number of rotatable bonds is 8. The Kier molecular flexibility index (Phi) is 7.10. The lowest BCUT2D eigenvalue weighted by Gasteiger charge is -2.20. The molecule has 0 bridgehead atoms. The molecule has 0 saturated carbocycles. The van der Waals surface area contributed by atoms with Crippen LogP contribution in [0.5, 0.6) is 0 Å². The van der Waals surface area contributed by atoms with Gasteiger partial charge in [-0.2, -0.15) is 9.57 Å². The zero-order valence-corrected chi connectivity index (χ0v) is 15.1. The summed E-state index contributed by atoms with van der Waals surface area (Å²) in [6.45, 7) is 3.73. The van der Waals surface area contributed by atoms with Gasteiger partial charge in [0.1, 0.15) is 0 Å². The zero-order valence-electron chi connectivity index (χ0n) is 14.3. The summed E-state index contributed by atoms with van der Waals surface area (Å²) in [7, 11) is -3.72. The number of sulfonamides is 1. The van der Waals surface area contributed by atoms with Gasteiger partial charge in [-0.25, -0.2) is 8.42 Å². The predicted molar refractivity (Wildman–Crippen MR) is 105 cm³/mol. The van der Waals surface area contributed by atoms with E-state index in [9.17, 15) is 13.7 Å². The molecule has 2 aromatic carbocycles. The third-order valence-corrected chi connectivity index (χ3v) is 5.42. The van der Waals surface area contributed by atoms with E-state index >= 15 is 0 Å². The van der Waals surface area contributed by atoms with Crippen molar-refractivity contribution in [2.45, 2.75) is 4.90 Å². The summed E-state index contributed by atoms with van der Waals surface area (Å²) in [6, 6.07) is 19.7. The molecule has 5 heteroatoms. The molecular weight excluding hydrogens is 344 g/mol. The second kappa shape index (κ2) is 9.52. The highest BCUT2D eigenvalue weighted by Crippen LogP contribution is 2.18. The maximum Gasteiger partial charge on any atom is 0.243 e. The summed E-state index contributed by atoms with van der Waals surface area (Å²) in [4.78, 5) is 0.198. The predicted octanol–water partition coefficient (Wildman–Crippen LogP) is 4.03. The smallest absolute Gasteiger partial charge is 0.207 e. The molecule has 0 aromatic heterocycles. The monoisotopic (exact) mass is 364 g/mol. The quantitative estimate of drug-likeness (QED) is 0.525. The highest BCUT2D eigenvalue weighted by molar-refractivity contribution is 7.89. The van der Waals surface area contributed by atoms with E-state index in [1.54, 1.807) is 54.6 Å². The summed E-state index contributed by atoms with van der Waals surface area (Å²) in [5.74, 6) is 0. The molecule has 26 heavy (non-hydrogen) atoms. The number of hydrogen-bond acceptors (Lipinski definition) is 3. The Balaban J connectivity index is 2.35. The third kappa shape index (κ3) is 5.28. The van der Waals surface area contributed by atoms with Crippen LogP contribution in [0.4, 0.5) is 0 Å². The highest BCUT2D eigenvalue weighted by atomic mass is 32.2. The average molecular weight is 364 g/mol. The van der Waals surface area contributed by atoms with Crippen molar-refractivity contribution in [2.24, 2.45) is 0 Å². The van der Waals surface area contributed by atoms with Gasteiger partial charge in [0.15, 0.2) is 0 Å². The molecule has 2 rings (SSSR count). The fourth-order valence-corrected chi connectivity index (χ4v) is 3.71. The van der Waals surface area contributed by atoms with Crippen LogP contribution in [-0.2, 0) is 10.0 Å². The SMILES string of the molecule is C=C/C=C/CN(C/C(C#N)=C/c1ccccc1)S(=O)(=O)c1ccccc1. The minimum Gasteiger partial charge on any atom is -0.207 e. The number of nitrogens with zero attached hydrogens (tertiary/aromatic N) is 2. The van der Waals surface area contributed by atoms with Gasteiger partial charge in [-0.1, -0.05) is 73.3 Å². The maximum atomic E-state index is 13.0. The van der Waals surface area contributed by atoms with Crippen molar-refractivity contribution in [2.75, 3.05) is 13.1 Å². The van der Waals surface area contributed by atoms with Crippen LogP contribution in [0, 0.1) is 11.3 Å². The fraction of sp³-hybridized carbons (Fsp3) is 0.0952. The molecular formula is C21H20N2O2S. The molecule has 0 N–H and O–H groups in total. The Hall–Kier alpha value is -2.94. The van der Waals surface area contributed by atoms with E-state index in [-0.39, 0.29) is 18.0 Å². The van der Waals surface area contributed by atoms with Crippen molar-refractivity contribution < 1.29 is 8.42 Å². The first-order chi connectivity index (χ1) is 12.6. The number of hydrogen-bond donors (Lipinski definition) is 0. The van der Waals surface area contributed by atoms with E-state index in [0.717, 1.165) is 5.56 Å². The minimum atomic E-state index is -3.72. The molecule has 0 saturated heterocycles. The topological polar surface area (TPSA) is 61.2 Å². The van der Waals surface area contributed by atoms with E-state index < -0.39 is 10.0 Å². The first kappa shape index (κ1) is 19.4. The molecule has 132 valence electrons. The number of allylic oxidation sites excluding steroid dienone is 2. The molecule has 0 atom stereocenters. The van der Waals surface area contributed by atoms with Crippen LogP contribution >= 0.6 is 0 Å². The summed E-state index contributed by atoms with van der Waals surface area (Å²) in [6.07, 6.45) is 6.66. The van der Waals surface area contributed by atoms with Gasteiger partial charge in [0.05, 0.1) is 11.0 Å². The zero-order chi connectivity index (χ0) is 18.8. The summed E-state index contributed by atoms with van der Waals surface area (Å²) < 4.78 is 27.2. The molecule has 0 aliphatic heterocycles. The fourth-order valence-electron chi connectivity index (χ4n) is 2.32. The van der Waals surface area contributed by atoms with Crippen LogP contribution in [0.2, 0.25) is 0 Å². The van der Waals surface area contributed by atoms with Gasteiger partial charge in [0.2, 0.25) is 10.0 Å². The lowest BCUT2D eigenvalue weighted by atomic mass is 10.1. The minimum absolute atomic E-state index is 0.00982. The van der Waals surface area contributed by atoms with Gasteiger partial charge < -0.3 is 0 Å². The largest absolute Gasteiger partial charge is 0.243 e. The molecule has 0 radical (unpaired) electrons. The highest BCUT2D eigenvalue weighted by Gasteiger charge is 2.24. The van der Waals surface area contributed by atoms with Gasteiger partial charge in [-0.3, -0.25) is 0 Å². The van der Waals surface area contributed by atoms with Crippen LogP contribution < -0.4 is 0 Å². The van der Waals surface area contributed by atoms with E-state index in [0.29, 0.717) is 5.57 Å². The van der Waals surface area contributed by atoms with Gasteiger partial charge in [0, 0.05) is 18.7 Å². The Bertz CT molecular complexity index is 925. The Labute approximate surface area is 155 Å². The second-order valence-corrected chi connectivity index (χ2v) is 7.40. The van der Waals surface area contributed by atoms with Gasteiger partial charge in [0.25, 0.3) is 0 Å². The lowest BCUT2D eigenvalue weighted by Crippen LogP contribution is -2.33. The van der Waals surface area contributed by atoms with Crippen LogP contribution in [0.3, 0.4) is 0 Å². The van der Waals surface area contributed by atoms with E-state index in [1.165, 1.54) is 4.31 Å². The number of benzene rings is 2. The molecule has 0 aliphatic carbocycles. The molecule has 0 amide bonds. The first-order valence-electron chi connectivity index (χ1n) is 8.06. The molecule has 4 nitrogen and oxygen atoms in total. The van der Waals surface area contributed by atoms with E-state index in [4.69, 9.17) is 0 Å². The normalized spacial score (nSPS) is 12.2. The van der Waals surface area contributed by atoms with E-state index in [2.05, 4.69) is 12.6 Å². The molecule has 2 aromatic rings. The maximum absolute atomic E-state index is 13.0. The summed E-state index contributed by atoms with van der Waals surface area (Å²) in [5, 5.41) is 9.47. The summed E-state index contributed by atoms with van der Waals surface area (Å²) >= 11 is 0. The van der Waals surface area contributed by atoms with Crippen molar-refractivity contribution >= 4 is 16.1 Å². The van der Waals surface area contributed by atoms with Crippen molar-refractivity contribution in [3.8, 4) is 6.07 Å². The van der Waals surface area contributed by atoms with Crippen molar-refractivity contribution in [3.63, 3.8) is 0 Å².